The normalized spacial score (nSPS) is 10.8. The van der Waals surface area contributed by atoms with E-state index in [2.05, 4.69) is 25.4 Å². The molecule has 0 saturated heterocycles. The molecule has 0 aliphatic rings. The van der Waals surface area contributed by atoms with Crippen molar-refractivity contribution in [3.05, 3.63) is 60.6 Å². The Balaban J connectivity index is 1.88. The van der Waals surface area contributed by atoms with Gasteiger partial charge in [0, 0.05) is 23.6 Å². The second-order valence-corrected chi connectivity index (χ2v) is 5.07. The zero-order valence-corrected chi connectivity index (χ0v) is 12.4. The van der Waals surface area contributed by atoms with Crippen LogP contribution in [-0.2, 0) is 0 Å². The van der Waals surface area contributed by atoms with E-state index >= 15 is 0 Å². The Bertz CT molecular complexity index is 951. The van der Waals surface area contributed by atoms with E-state index in [1.807, 2.05) is 49.4 Å². The number of aryl methyl sites for hydroxylation is 1. The molecular weight excluding hydrogens is 290 g/mol. The molecule has 0 radical (unpaired) electrons. The number of hydrogen-bond acceptors (Lipinski definition) is 6. The van der Waals surface area contributed by atoms with E-state index in [1.165, 1.54) is 0 Å². The number of nitrogens with one attached hydrogen (secondary N) is 1. The van der Waals surface area contributed by atoms with Crippen molar-refractivity contribution in [2.24, 2.45) is 0 Å². The summed E-state index contributed by atoms with van der Waals surface area (Å²) in [5.74, 6) is 1.25. The smallest absolute Gasteiger partial charge is 0.263 e. The largest absolute Gasteiger partial charge is 0.339 e. The predicted octanol–water partition coefficient (Wildman–Crippen LogP) is 3.73. The number of fused-ring (bicyclic) bond motifs is 1. The van der Waals surface area contributed by atoms with Gasteiger partial charge in [0.2, 0.25) is 0 Å². The number of benzene rings is 1. The van der Waals surface area contributed by atoms with Crippen molar-refractivity contribution < 1.29 is 4.52 Å². The second-order valence-electron chi connectivity index (χ2n) is 5.07. The Hall–Kier alpha value is -3.28. The molecule has 4 aromatic rings. The summed E-state index contributed by atoms with van der Waals surface area (Å²) < 4.78 is 5.34. The molecule has 0 aliphatic carbocycles. The molecule has 0 saturated carbocycles. The summed E-state index contributed by atoms with van der Waals surface area (Å²) in [6, 6.07) is 13.5. The summed E-state index contributed by atoms with van der Waals surface area (Å²) in [7, 11) is 0. The fourth-order valence-corrected chi connectivity index (χ4v) is 2.37. The summed E-state index contributed by atoms with van der Waals surface area (Å²) in [4.78, 5) is 13.2. The number of pyridine rings is 1. The lowest BCUT2D eigenvalue weighted by Crippen LogP contribution is -1.99. The van der Waals surface area contributed by atoms with E-state index in [9.17, 15) is 0 Å². The Morgan fingerprint density at radius 3 is 2.52 bits per heavy atom. The maximum Gasteiger partial charge on any atom is 0.263 e. The molecule has 1 N–H and O–H groups in total. The molecular formula is C17H13N5O. The standard InChI is InChI=1S/C17H13N5O/c1-11-14-16(19-13-7-9-18-10-8-13)20-15(21-17(14)23-22-11)12-5-3-2-4-6-12/h2-10H,1H3,(H,18,19,20,21). The summed E-state index contributed by atoms with van der Waals surface area (Å²) >= 11 is 0. The van der Waals surface area contributed by atoms with Gasteiger partial charge in [-0.3, -0.25) is 4.98 Å². The molecule has 0 fully saturated rings. The van der Waals surface area contributed by atoms with Gasteiger partial charge in [0.05, 0.1) is 5.69 Å². The van der Waals surface area contributed by atoms with Crippen LogP contribution in [-0.4, -0.2) is 20.1 Å². The molecule has 4 rings (SSSR count). The van der Waals surface area contributed by atoms with Crippen LogP contribution in [0.2, 0.25) is 0 Å². The van der Waals surface area contributed by atoms with Crippen LogP contribution in [0.3, 0.4) is 0 Å². The van der Waals surface area contributed by atoms with Crippen LogP contribution in [0.4, 0.5) is 11.5 Å². The van der Waals surface area contributed by atoms with Crippen molar-refractivity contribution in [3.8, 4) is 11.4 Å². The summed E-state index contributed by atoms with van der Waals surface area (Å²) in [6.45, 7) is 1.87. The van der Waals surface area contributed by atoms with Crippen molar-refractivity contribution in [1.82, 2.24) is 20.1 Å². The Morgan fingerprint density at radius 2 is 1.74 bits per heavy atom. The Kier molecular flexibility index (Phi) is 3.20. The summed E-state index contributed by atoms with van der Waals surface area (Å²) in [5.41, 5.74) is 3.02. The molecule has 0 unspecified atom stereocenters. The van der Waals surface area contributed by atoms with Crippen LogP contribution in [0.15, 0.2) is 59.4 Å². The van der Waals surface area contributed by atoms with Crippen LogP contribution in [0.5, 0.6) is 0 Å². The van der Waals surface area contributed by atoms with E-state index in [0.717, 1.165) is 22.3 Å². The number of nitrogens with zero attached hydrogens (tertiary/aromatic N) is 4. The van der Waals surface area contributed by atoms with Gasteiger partial charge in [-0.05, 0) is 19.1 Å². The lowest BCUT2D eigenvalue weighted by atomic mass is 10.2. The first kappa shape index (κ1) is 13.4. The zero-order chi connectivity index (χ0) is 15.6. The maximum atomic E-state index is 5.34. The number of hydrogen-bond donors (Lipinski definition) is 1. The quantitative estimate of drug-likeness (QED) is 0.621. The maximum absolute atomic E-state index is 5.34. The first-order chi connectivity index (χ1) is 11.3. The zero-order valence-electron chi connectivity index (χ0n) is 12.4. The summed E-state index contributed by atoms with van der Waals surface area (Å²) in [6.07, 6.45) is 3.44. The lowest BCUT2D eigenvalue weighted by molar-refractivity contribution is 0.443. The van der Waals surface area contributed by atoms with E-state index in [0.29, 0.717) is 17.4 Å². The van der Waals surface area contributed by atoms with Crippen LogP contribution in [0, 0.1) is 6.92 Å². The average Bonchev–Trinajstić information content (AvgIpc) is 2.98. The van der Waals surface area contributed by atoms with Gasteiger partial charge in [-0.2, -0.15) is 4.98 Å². The van der Waals surface area contributed by atoms with Crippen LogP contribution >= 0.6 is 0 Å². The monoisotopic (exact) mass is 303 g/mol. The molecule has 0 bridgehead atoms. The van der Waals surface area contributed by atoms with E-state index in [1.54, 1.807) is 12.4 Å². The highest BCUT2D eigenvalue weighted by Crippen LogP contribution is 2.29. The fraction of sp³-hybridized carbons (Fsp3) is 0.0588. The van der Waals surface area contributed by atoms with Gasteiger partial charge in [-0.15, -0.1) is 0 Å². The molecule has 23 heavy (non-hydrogen) atoms. The first-order valence-electron chi connectivity index (χ1n) is 7.18. The second kappa shape index (κ2) is 5.49. The lowest BCUT2D eigenvalue weighted by Gasteiger charge is -2.08. The van der Waals surface area contributed by atoms with Gasteiger partial charge in [0.1, 0.15) is 11.2 Å². The van der Waals surface area contributed by atoms with E-state index < -0.39 is 0 Å². The minimum absolute atomic E-state index is 0.466. The molecule has 112 valence electrons. The Labute approximate surface area is 132 Å². The van der Waals surface area contributed by atoms with Gasteiger partial charge in [0.15, 0.2) is 5.82 Å². The minimum atomic E-state index is 0.466. The fourth-order valence-electron chi connectivity index (χ4n) is 2.37. The third-order valence-electron chi connectivity index (χ3n) is 3.48. The van der Waals surface area contributed by atoms with Crippen molar-refractivity contribution in [2.45, 2.75) is 6.92 Å². The number of anilines is 2. The van der Waals surface area contributed by atoms with E-state index in [4.69, 9.17) is 4.52 Å². The molecule has 3 aromatic heterocycles. The number of rotatable bonds is 3. The van der Waals surface area contributed by atoms with Crippen molar-refractivity contribution in [1.29, 1.82) is 0 Å². The highest BCUT2D eigenvalue weighted by Gasteiger charge is 2.16. The van der Waals surface area contributed by atoms with Crippen molar-refractivity contribution >= 4 is 22.6 Å². The van der Waals surface area contributed by atoms with Gasteiger partial charge >= 0.3 is 0 Å². The van der Waals surface area contributed by atoms with Gasteiger partial charge in [-0.1, -0.05) is 35.5 Å². The molecule has 0 aliphatic heterocycles. The highest BCUT2D eigenvalue weighted by atomic mass is 16.5. The van der Waals surface area contributed by atoms with Crippen molar-refractivity contribution in [2.75, 3.05) is 5.32 Å². The average molecular weight is 303 g/mol. The topological polar surface area (TPSA) is 76.7 Å². The summed E-state index contributed by atoms with van der Waals surface area (Å²) in [5, 5.41) is 8.08. The minimum Gasteiger partial charge on any atom is -0.339 e. The first-order valence-corrected chi connectivity index (χ1v) is 7.18. The molecule has 6 nitrogen and oxygen atoms in total. The highest BCUT2D eigenvalue weighted by molar-refractivity contribution is 5.90. The van der Waals surface area contributed by atoms with Crippen LogP contribution in [0.25, 0.3) is 22.5 Å². The van der Waals surface area contributed by atoms with Crippen molar-refractivity contribution in [3.63, 3.8) is 0 Å². The molecule has 1 aromatic carbocycles. The van der Waals surface area contributed by atoms with Crippen LogP contribution in [0.1, 0.15) is 5.69 Å². The van der Waals surface area contributed by atoms with Gasteiger partial charge in [0.25, 0.3) is 5.71 Å². The molecule has 6 heteroatoms. The number of aromatic nitrogens is 4. The molecule has 0 spiro atoms. The van der Waals surface area contributed by atoms with Gasteiger partial charge in [-0.25, -0.2) is 4.98 Å². The third kappa shape index (κ3) is 2.50. The molecule has 0 atom stereocenters. The van der Waals surface area contributed by atoms with Crippen LogP contribution < -0.4 is 5.32 Å². The SMILES string of the molecule is Cc1noc2nc(-c3ccccc3)nc(Nc3ccncc3)c12. The van der Waals surface area contributed by atoms with Gasteiger partial charge < -0.3 is 9.84 Å². The van der Waals surface area contributed by atoms with E-state index in [-0.39, 0.29) is 0 Å². The predicted molar refractivity (Wildman–Crippen MR) is 87.3 cm³/mol. The molecule has 3 heterocycles. The molecule has 0 amide bonds. The third-order valence-corrected chi connectivity index (χ3v) is 3.48. The Morgan fingerprint density at radius 1 is 0.957 bits per heavy atom.